The van der Waals surface area contributed by atoms with Crippen LogP contribution in [0, 0.1) is 5.92 Å². The Bertz CT molecular complexity index is 1090. The summed E-state index contributed by atoms with van der Waals surface area (Å²) in [5.74, 6) is 2.02. The molecule has 166 valence electrons. The number of halogens is 1. The van der Waals surface area contributed by atoms with Gasteiger partial charge in [-0.15, -0.1) is 5.10 Å². The van der Waals surface area contributed by atoms with Crippen molar-refractivity contribution in [3.05, 3.63) is 101 Å². The molecule has 2 aromatic heterocycles. The molecule has 0 fully saturated rings. The van der Waals surface area contributed by atoms with Crippen molar-refractivity contribution in [3.63, 3.8) is 0 Å². The Labute approximate surface area is 193 Å². The van der Waals surface area contributed by atoms with Crippen LogP contribution in [0.3, 0.4) is 0 Å². The molecule has 4 aromatic rings. The molecule has 2 heterocycles. The van der Waals surface area contributed by atoms with Gasteiger partial charge in [-0.3, -0.25) is 4.90 Å². The molecular formula is C25H28ClN5O. The van der Waals surface area contributed by atoms with Crippen molar-refractivity contribution in [2.45, 2.75) is 45.9 Å². The average molecular weight is 450 g/mol. The third kappa shape index (κ3) is 5.44. The zero-order valence-corrected chi connectivity index (χ0v) is 19.2. The highest BCUT2D eigenvalue weighted by Crippen LogP contribution is 2.31. The van der Waals surface area contributed by atoms with Crippen LogP contribution in [-0.2, 0) is 26.1 Å². The van der Waals surface area contributed by atoms with Crippen LogP contribution < -0.4 is 0 Å². The Morgan fingerprint density at radius 2 is 1.75 bits per heavy atom. The maximum atomic E-state index is 6.51. The van der Waals surface area contributed by atoms with E-state index in [4.69, 9.17) is 16.0 Å². The van der Waals surface area contributed by atoms with Crippen LogP contribution in [0.1, 0.15) is 42.6 Å². The van der Waals surface area contributed by atoms with Crippen LogP contribution in [0.5, 0.6) is 0 Å². The fourth-order valence-electron chi connectivity index (χ4n) is 4.05. The monoisotopic (exact) mass is 449 g/mol. The summed E-state index contributed by atoms with van der Waals surface area (Å²) in [6.07, 6.45) is 2.57. The van der Waals surface area contributed by atoms with Crippen LogP contribution in [0.2, 0.25) is 5.02 Å². The van der Waals surface area contributed by atoms with E-state index in [1.165, 1.54) is 5.56 Å². The summed E-state index contributed by atoms with van der Waals surface area (Å²) in [6, 6.07) is 22.3. The van der Waals surface area contributed by atoms with Gasteiger partial charge >= 0.3 is 0 Å². The lowest BCUT2D eigenvalue weighted by Crippen LogP contribution is -2.34. The first-order chi connectivity index (χ1) is 15.6. The van der Waals surface area contributed by atoms with Gasteiger partial charge in [-0.05, 0) is 52.1 Å². The Kier molecular flexibility index (Phi) is 7.35. The van der Waals surface area contributed by atoms with E-state index in [9.17, 15) is 0 Å². The Hall–Kier alpha value is -2.96. The first kappa shape index (κ1) is 22.2. The molecule has 0 saturated heterocycles. The predicted octanol–water partition coefficient (Wildman–Crippen LogP) is 5.56. The largest absolute Gasteiger partial charge is 0.468 e. The minimum atomic E-state index is -0.0119. The number of nitrogens with zero attached hydrogens (tertiary/aromatic N) is 5. The number of tetrazole rings is 1. The SMILES string of the molecule is CC(C)[C@@H](c1nnnn1CCc1ccccc1)N(Cc1ccco1)Cc1ccccc1Cl. The number of furan rings is 1. The van der Waals surface area contributed by atoms with E-state index in [0.717, 1.165) is 35.1 Å². The van der Waals surface area contributed by atoms with Gasteiger partial charge in [-0.1, -0.05) is 74.0 Å². The minimum Gasteiger partial charge on any atom is -0.468 e. The topological polar surface area (TPSA) is 60.0 Å². The molecule has 0 aliphatic rings. The Morgan fingerprint density at radius 3 is 2.47 bits per heavy atom. The lowest BCUT2D eigenvalue weighted by molar-refractivity contribution is 0.116. The fourth-order valence-corrected chi connectivity index (χ4v) is 4.24. The summed E-state index contributed by atoms with van der Waals surface area (Å²) in [4.78, 5) is 2.34. The van der Waals surface area contributed by atoms with E-state index in [-0.39, 0.29) is 12.0 Å². The molecule has 0 spiro atoms. The van der Waals surface area contributed by atoms with Crippen LogP contribution in [-0.4, -0.2) is 25.1 Å². The molecule has 0 N–H and O–H groups in total. The average Bonchev–Trinajstić information content (AvgIpc) is 3.47. The summed E-state index contributed by atoms with van der Waals surface area (Å²) in [7, 11) is 0. The Morgan fingerprint density at radius 1 is 0.969 bits per heavy atom. The second-order valence-electron chi connectivity index (χ2n) is 8.26. The van der Waals surface area contributed by atoms with Gasteiger partial charge in [0.05, 0.1) is 18.8 Å². The number of rotatable bonds is 10. The molecule has 4 rings (SSSR count). The van der Waals surface area contributed by atoms with Gasteiger partial charge in [0, 0.05) is 18.1 Å². The molecule has 0 amide bonds. The number of hydrogen-bond acceptors (Lipinski definition) is 5. The zero-order chi connectivity index (χ0) is 22.3. The number of hydrogen-bond donors (Lipinski definition) is 0. The van der Waals surface area contributed by atoms with E-state index in [0.29, 0.717) is 13.1 Å². The van der Waals surface area contributed by atoms with Crippen molar-refractivity contribution in [3.8, 4) is 0 Å². The molecule has 0 aliphatic heterocycles. The molecule has 6 nitrogen and oxygen atoms in total. The smallest absolute Gasteiger partial charge is 0.168 e. The summed E-state index contributed by atoms with van der Waals surface area (Å²) >= 11 is 6.51. The quantitative estimate of drug-likeness (QED) is 0.317. The van der Waals surface area contributed by atoms with Gasteiger partial charge in [-0.2, -0.15) is 0 Å². The highest BCUT2D eigenvalue weighted by molar-refractivity contribution is 6.31. The third-order valence-corrected chi connectivity index (χ3v) is 5.94. The summed E-state index contributed by atoms with van der Waals surface area (Å²) in [5, 5.41) is 13.6. The maximum Gasteiger partial charge on any atom is 0.168 e. The molecule has 1 atom stereocenters. The maximum absolute atomic E-state index is 6.51. The first-order valence-corrected chi connectivity index (χ1v) is 11.3. The van der Waals surface area contributed by atoms with Gasteiger partial charge in [0.25, 0.3) is 0 Å². The van der Waals surface area contributed by atoms with Crippen LogP contribution in [0.25, 0.3) is 0 Å². The van der Waals surface area contributed by atoms with Gasteiger partial charge in [0.15, 0.2) is 5.82 Å². The lowest BCUT2D eigenvalue weighted by atomic mass is 10.00. The highest BCUT2D eigenvalue weighted by Gasteiger charge is 2.30. The molecule has 0 radical (unpaired) electrons. The molecule has 7 heteroatoms. The van der Waals surface area contributed by atoms with Gasteiger partial charge in [0.1, 0.15) is 5.76 Å². The highest BCUT2D eigenvalue weighted by atomic mass is 35.5. The van der Waals surface area contributed by atoms with Crippen molar-refractivity contribution in [1.29, 1.82) is 0 Å². The number of aryl methyl sites for hydroxylation is 2. The third-order valence-electron chi connectivity index (χ3n) is 5.57. The normalized spacial score (nSPS) is 12.5. The summed E-state index contributed by atoms with van der Waals surface area (Å²) in [5.41, 5.74) is 2.33. The van der Waals surface area contributed by atoms with Gasteiger partial charge in [-0.25, -0.2) is 4.68 Å². The van der Waals surface area contributed by atoms with Crippen molar-refractivity contribution < 1.29 is 4.42 Å². The van der Waals surface area contributed by atoms with Gasteiger partial charge < -0.3 is 4.42 Å². The predicted molar refractivity (Wildman–Crippen MR) is 125 cm³/mol. The van der Waals surface area contributed by atoms with E-state index in [2.05, 4.69) is 64.6 Å². The number of aromatic nitrogens is 4. The van der Waals surface area contributed by atoms with Crippen molar-refractivity contribution in [1.82, 2.24) is 25.1 Å². The van der Waals surface area contributed by atoms with Crippen molar-refractivity contribution in [2.24, 2.45) is 5.92 Å². The van der Waals surface area contributed by atoms with Crippen LogP contribution >= 0.6 is 11.6 Å². The molecule has 0 unspecified atom stereocenters. The standard InChI is InChI=1S/C25H28ClN5O/c1-19(2)24(25-27-28-29-31(25)15-14-20-9-4-3-5-10-20)30(18-22-12-8-16-32-22)17-21-11-6-7-13-23(21)26/h3-13,16,19,24H,14-15,17-18H2,1-2H3/t24-/m0/s1. The number of benzene rings is 2. The molecule has 0 bridgehead atoms. The first-order valence-electron chi connectivity index (χ1n) is 10.9. The second-order valence-corrected chi connectivity index (χ2v) is 8.67. The Balaban J connectivity index is 1.63. The van der Waals surface area contributed by atoms with E-state index in [1.807, 2.05) is 41.1 Å². The van der Waals surface area contributed by atoms with Crippen LogP contribution in [0.15, 0.2) is 77.4 Å². The van der Waals surface area contributed by atoms with Crippen molar-refractivity contribution in [2.75, 3.05) is 0 Å². The lowest BCUT2D eigenvalue weighted by Gasteiger charge is -2.33. The molecule has 32 heavy (non-hydrogen) atoms. The van der Waals surface area contributed by atoms with E-state index >= 15 is 0 Å². The zero-order valence-electron chi connectivity index (χ0n) is 18.4. The fraction of sp³-hybridized carbons (Fsp3) is 0.320. The van der Waals surface area contributed by atoms with Crippen molar-refractivity contribution >= 4 is 11.6 Å². The minimum absolute atomic E-state index is 0.0119. The molecular weight excluding hydrogens is 422 g/mol. The van der Waals surface area contributed by atoms with Gasteiger partial charge in [0.2, 0.25) is 0 Å². The van der Waals surface area contributed by atoms with Crippen LogP contribution in [0.4, 0.5) is 0 Å². The summed E-state index contributed by atoms with van der Waals surface area (Å²) < 4.78 is 7.61. The van der Waals surface area contributed by atoms with E-state index < -0.39 is 0 Å². The molecule has 0 aliphatic carbocycles. The molecule has 0 saturated carbocycles. The molecule has 2 aromatic carbocycles. The van der Waals surface area contributed by atoms with E-state index in [1.54, 1.807) is 6.26 Å². The summed E-state index contributed by atoms with van der Waals surface area (Å²) in [6.45, 7) is 6.41. The second kappa shape index (κ2) is 10.6.